The Bertz CT molecular complexity index is 738. The third kappa shape index (κ3) is 5.14. The average molecular weight is 374 g/mol. The lowest BCUT2D eigenvalue weighted by Crippen LogP contribution is -2.13. The number of carbonyl (C=O) groups is 3. The van der Waals surface area contributed by atoms with Crippen molar-refractivity contribution >= 4 is 39.1 Å². The summed E-state index contributed by atoms with van der Waals surface area (Å²) in [7, 11) is 0. The predicted octanol–water partition coefficient (Wildman–Crippen LogP) is 4.25. The van der Waals surface area contributed by atoms with Crippen molar-refractivity contribution in [3.05, 3.63) is 64.1 Å². The van der Waals surface area contributed by atoms with E-state index in [2.05, 4.69) is 21.2 Å². The van der Waals surface area contributed by atoms with Crippen LogP contribution < -0.4 is 5.32 Å². The molecule has 0 bridgehead atoms. The summed E-state index contributed by atoms with van der Waals surface area (Å²) in [6, 6.07) is 13.8. The van der Waals surface area contributed by atoms with Crippen LogP contribution >= 0.6 is 15.9 Å². The Morgan fingerprint density at radius 2 is 1.65 bits per heavy atom. The van der Waals surface area contributed by atoms with Crippen molar-refractivity contribution in [2.45, 2.75) is 19.8 Å². The van der Waals surface area contributed by atoms with E-state index in [9.17, 15) is 14.4 Å². The van der Waals surface area contributed by atoms with Gasteiger partial charge in [0.25, 0.3) is 0 Å². The number of carbonyl (C=O) groups excluding carboxylic acids is 3. The van der Waals surface area contributed by atoms with Gasteiger partial charge in [0.2, 0.25) is 5.91 Å². The minimum atomic E-state index is -0.254. The third-order valence-electron chi connectivity index (χ3n) is 3.30. The van der Waals surface area contributed by atoms with Crippen LogP contribution in [0.4, 0.5) is 5.69 Å². The number of rotatable bonds is 6. The van der Waals surface area contributed by atoms with Gasteiger partial charge in [0.05, 0.1) is 0 Å². The molecule has 1 amide bonds. The van der Waals surface area contributed by atoms with Crippen LogP contribution in [-0.4, -0.2) is 17.5 Å². The van der Waals surface area contributed by atoms with Gasteiger partial charge < -0.3 is 5.32 Å². The van der Waals surface area contributed by atoms with Gasteiger partial charge in [0, 0.05) is 34.1 Å². The summed E-state index contributed by atoms with van der Waals surface area (Å²) < 4.78 is 0.900. The zero-order valence-electron chi connectivity index (χ0n) is 12.6. The van der Waals surface area contributed by atoms with E-state index in [4.69, 9.17) is 0 Å². The Balaban J connectivity index is 1.90. The van der Waals surface area contributed by atoms with E-state index >= 15 is 0 Å². The monoisotopic (exact) mass is 373 g/mol. The van der Waals surface area contributed by atoms with Crippen molar-refractivity contribution in [1.29, 1.82) is 0 Å². The van der Waals surface area contributed by atoms with Crippen LogP contribution in [0.5, 0.6) is 0 Å². The quantitative estimate of drug-likeness (QED) is 0.769. The van der Waals surface area contributed by atoms with Crippen molar-refractivity contribution in [1.82, 2.24) is 0 Å². The van der Waals surface area contributed by atoms with Crippen molar-refractivity contribution in [2.75, 3.05) is 5.32 Å². The van der Waals surface area contributed by atoms with Gasteiger partial charge in [0.15, 0.2) is 11.6 Å². The summed E-state index contributed by atoms with van der Waals surface area (Å²) in [5, 5.41) is 2.70. The molecule has 5 heteroatoms. The van der Waals surface area contributed by atoms with Crippen molar-refractivity contribution < 1.29 is 14.4 Å². The first-order valence-corrected chi connectivity index (χ1v) is 7.94. The Kier molecular flexibility index (Phi) is 5.82. The molecular weight excluding hydrogens is 358 g/mol. The highest BCUT2D eigenvalue weighted by Gasteiger charge is 2.10. The molecular formula is C18H16BrNO3. The Labute approximate surface area is 143 Å². The van der Waals surface area contributed by atoms with Crippen LogP contribution in [-0.2, 0) is 4.79 Å². The molecule has 0 aliphatic rings. The van der Waals surface area contributed by atoms with Crippen LogP contribution in [0.2, 0.25) is 0 Å². The molecule has 0 spiro atoms. The highest BCUT2D eigenvalue weighted by molar-refractivity contribution is 9.10. The van der Waals surface area contributed by atoms with E-state index < -0.39 is 0 Å². The number of ketones is 2. The summed E-state index contributed by atoms with van der Waals surface area (Å²) in [6.07, 6.45) is 0.235. The van der Waals surface area contributed by atoms with Crippen molar-refractivity contribution in [3.63, 3.8) is 0 Å². The van der Waals surface area contributed by atoms with E-state index in [-0.39, 0.29) is 30.3 Å². The number of amides is 1. The Morgan fingerprint density at radius 3 is 2.30 bits per heavy atom. The fraction of sp³-hybridized carbons (Fsp3) is 0.167. The van der Waals surface area contributed by atoms with Gasteiger partial charge in [-0.1, -0.05) is 40.2 Å². The van der Waals surface area contributed by atoms with E-state index in [1.165, 1.54) is 6.92 Å². The SMILES string of the molecule is CC(=O)c1cccc(NC(=O)CCC(=O)c2ccc(Br)cc2)c1. The number of benzene rings is 2. The maximum atomic E-state index is 12.0. The summed E-state index contributed by atoms with van der Waals surface area (Å²) in [6.45, 7) is 1.47. The first kappa shape index (κ1) is 17.1. The number of hydrogen-bond acceptors (Lipinski definition) is 3. The molecule has 0 unspecified atom stereocenters. The summed E-state index contributed by atoms with van der Waals surface area (Å²) in [4.78, 5) is 35.3. The topological polar surface area (TPSA) is 63.2 Å². The third-order valence-corrected chi connectivity index (χ3v) is 3.83. The van der Waals surface area contributed by atoms with E-state index in [1.807, 2.05) is 0 Å². The van der Waals surface area contributed by atoms with Gasteiger partial charge in [-0.3, -0.25) is 14.4 Å². The average Bonchev–Trinajstić information content (AvgIpc) is 2.53. The molecule has 0 aliphatic carbocycles. The van der Waals surface area contributed by atoms with Crippen molar-refractivity contribution in [3.8, 4) is 0 Å². The maximum absolute atomic E-state index is 12.0. The van der Waals surface area contributed by atoms with Gasteiger partial charge in [0.1, 0.15) is 0 Å². The van der Waals surface area contributed by atoms with Crippen LogP contribution in [0.3, 0.4) is 0 Å². The van der Waals surface area contributed by atoms with E-state index in [0.29, 0.717) is 16.8 Å². The van der Waals surface area contributed by atoms with E-state index in [1.54, 1.807) is 48.5 Å². The summed E-state index contributed by atoms with van der Waals surface area (Å²) >= 11 is 3.31. The highest BCUT2D eigenvalue weighted by Crippen LogP contribution is 2.14. The van der Waals surface area contributed by atoms with Gasteiger partial charge in [-0.2, -0.15) is 0 Å². The van der Waals surface area contributed by atoms with Crippen LogP contribution in [0.15, 0.2) is 53.0 Å². The van der Waals surface area contributed by atoms with Gasteiger partial charge in [-0.15, -0.1) is 0 Å². The molecule has 0 fully saturated rings. The van der Waals surface area contributed by atoms with Gasteiger partial charge >= 0.3 is 0 Å². The molecule has 2 rings (SSSR count). The fourth-order valence-corrected chi connectivity index (χ4v) is 2.31. The number of anilines is 1. The number of hydrogen-bond donors (Lipinski definition) is 1. The second-order valence-electron chi connectivity index (χ2n) is 5.12. The first-order chi connectivity index (χ1) is 11.0. The van der Waals surface area contributed by atoms with Crippen LogP contribution in [0.25, 0.3) is 0 Å². The first-order valence-electron chi connectivity index (χ1n) is 7.15. The molecule has 0 aliphatic heterocycles. The molecule has 4 nitrogen and oxygen atoms in total. The molecule has 0 saturated heterocycles. The van der Waals surface area contributed by atoms with Crippen LogP contribution in [0.1, 0.15) is 40.5 Å². The standard InChI is InChI=1S/C18H16BrNO3/c1-12(21)14-3-2-4-16(11-14)20-18(23)10-9-17(22)13-5-7-15(19)8-6-13/h2-8,11H,9-10H2,1H3,(H,20,23). The minimum absolute atomic E-state index is 0.0634. The summed E-state index contributed by atoms with van der Waals surface area (Å²) in [5.41, 5.74) is 1.67. The van der Waals surface area contributed by atoms with Crippen LogP contribution in [0, 0.1) is 0 Å². The zero-order valence-corrected chi connectivity index (χ0v) is 14.2. The molecule has 0 aromatic heterocycles. The Hall–Kier alpha value is -2.27. The lowest BCUT2D eigenvalue weighted by molar-refractivity contribution is -0.116. The number of halogens is 1. The molecule has 0 heterocycles. The fourth-order valence-electron chi connectivity index (χ4n) is 2.05. The molecule has 23 heavy (non-hydrogen) atoms. The minimum Gasteiger partial charge on any atom is -0.326 e. The second kappa shape index (κ2) is 7.83. The van der Waals surface area contributed by atoms with Gasteiger partial charge in [-0.25, -0.2) is 0 Å². The largest absolute Gasteiger partial charge is 0.326 e. The summed E-state index contributed by atoms with van der Waals surface area (Å²) in [5.74, 6) is -0.396. The normalized spacial score (nSPS) is 10.2. The molecule has 0 radical (unpaired) electrons. The van der Waals surface area contributed by atoms with E-state index in [0.717, 1.165) is 4.47 Å². The number of nitrogens with one attached hydrogen (secondary N) is 1. The zero-order chi connectivity index (χ0) is 16.8. The molecule has 118 valence electrons. The van der Waals surface area contributed by atoms with Gasteiger partial charge in [-0.05, 0) is 31.2 Å². The maximum Gasteiger partial charge on any atom is 0.224 e. The smallest absolute Gasteiger partial charge is 0.224 e. The lowest BCUT2D eigenvalue weighted by Gasteiger charge is -2.06. The highest BCUT2D eigenvalue weighted by atomic mass is 79.9. The molecule has 1 N–H and O–H groups in total. The lowest BCUT2D eigenvalue weighted by atomic mass is 10.1. The molecule has 0 atom stereocenters. The second-order valence-corrected chi connectivity index (χ2v) is 6.03. The Morgan fingerprint density at radius 1 is 0.957 bits per heavy atom. The molecule has 2 aromatic rings. The van der Waals surface area contributed by atoms with Crippen molar-refractivity contribution in [2.24, 2.45) is 0 Å². The molecule has 0 saturated carbocycles. The number of Topliss-reactive ketones (excluding diaryl/α,β-unsaturated/α-hetero) is 2. The molecule has 2 aromatic carbocycles. The predicted molar refractivity (Wildman–Crippen MR) is 92.8 cm³/mol.